The van der Waals surface area contributed by atoms with Gasteiger partial charge in [0.2, 0.25) is 0 Å². The van der Waals surface area contributed by atoms with Gasteiger partial charge in [-0.25, -0.2) is 9.97 Å². The Kier molecular flexibility index (Phi) is 5.59. The molecule has 0 radical (unpaired) electrons. The first-order valence-corrected chi connectivity index (χ1v) is 17.1. The molecule has 9 aromatic rings. The van der Waals surface area contributed by atoms with E-state index < -0.39 is 5.41 Å². The predicted octanol–water partition coefficient (Wildman–Crippen LogP) is 11.7. The number of aromatic nitrogens is 2. The van der Waals surface area contributed by atoms with E-state index in [-0.39, 0.29) is 0 Å². The van der Waals surface area contributed by atoms with Crippen molar-refractivity contribution in [2.45, 2.75) is 5.41 Å². The molecule has 2 heterocycles. The minimum absolute atomic E-state index is 0.546. The smallest absolute Gasteiger partial charge is 0.161 e. The Bertz CT molecular complexity index is 2780. The lowest BCUT2D eigenvalue weighted by Gasteiger charge is -2.30. The maximum Gasteiger partial charge on any atom is 0.161 e. The van der Waals surface area contributed by atoms with Crippen LogP contribution in [0.15, 0.2) is 174 Å². The lowest BCUT2D eigenvalue weighted by molar-refractivity contribution is 0.628. The highest BCUT2D eigenvalue weighted by molar-refractivity contribution is 6.05. The van der Waals surface area contributed by atoms with Crippen molar-refractivity contribution in [1.82, 2.24) is 9.97 Å². The van der Waals surface area contributed by atoms with Crippen molar-refractivity contribution < 1.29 is 4.42 Å². The molecule has 0 bridgehead atoms. The Balaban J connectivity index is 1.26. The van der Waals surface area contributed by atoms with E-state index in [2.05, 4.69) is 164 Å². The monoisotopic (exact) mass is 636 g/mol. The number of hydrogen-bond acceptors (Lipinski definition) is 3. The molecule has 0 fully saturated rings. The van der Waals surface area contributed by atoms with Crippen LogP contribution < -0.4 is 0 Å². The average molecular weight is 637 g/mol. The largest absolute Gasteiger partial charge is 0.456 e. The first kappa shape index (κ1) is 27.4. The highest BCUT2D eigenvalue weighted by Crippen LogP contribution is 2.65. The van der Waals surface area contributed by atoms with Crippen LogP contribution in [0.25, 0.3) is 78.1 Å². The minimum atomic E-state index is -0.546. The van der Waals surface area contributed by atoms with Crippen LogP contribution in [-0.2, 0) is 5.41 Å². The van der Waals surface area contributed by atoms with Gasteiger partial charge in [0, 0.05) is 33.2 Å². The molecule has 1 spiro atoms. The Morgan fingerprint density at radius 2 is 1.02 bits per heavy atom. The fourth-order valence-corrected chi connectivity index (χ4v) is 8.73. The van der Waals surface area contributed by atoms with Crippen LogP contribution in [0.5, 0.6) is 0 Å². The molecule has 7 aromatic carbocycles. The van der Waals surface area contributed by atoms with Crippen molar-refractivity contribution in [3.63, 3.8) is 0 Å². The van der Waals surface area contributed by atoms with Gasteiger partial charge in [-0.3, -0.25) is 0 Å². The molecule has 2 aromatic heterocycles. The molecule has 0 aliphatic heterocycles. The van der Waals surface area contributed by atoms with Crippen molar-refractivity contribution in [3.05, 3.63) is 192 Å². The summed E-state index contributed by atoms with van der Waals surface area (Å²) < 4.78 is 6.95. The van der Waals surface area contributed by atoms with E-state index in [9.17, 15) is 0 Å². The average Bonchev–Trinajstić information content (AvgIpc) is 3.81. The standard InChI is InChI=1S/C47H28N2O/c1-2-15-30(16-3-1)40-28-41(34-22-12-17-29-14-4-5-18-31(29)34)49-46(48-40)36-23-13-26-39-43(36)45-44(35-21-8-11-27-42(35)50-45)47(39)37-24-9-6-19-32(37)33-20-7-10-25-38(33)47/h1-28H. The Morgan fingerprint density at radius 3 is 1.84 bits per heavy atom. The summed E-state index contributed by atoms with van der Waals surface area (Å²) in [5.41, 5.74) is 13.7. The third-order valence-electron chi connectivity index (χ3n) is 10.7. The van der Waals surface area contributed by atoms with E-state index in [1.54, 1.807) is 0 Å². The number of nitrogens with zero attached hydrogens (tertiary/aromatic N) is 2. The number of rotatable bonds is 3. The molecule has 2 aliphatic carbocycles. The van der Waals surface area contributed by atoms with Gasteiger partial charge in [0.05, 0.1) is 16.8 Å². The molecule has 50 heavy (non-hydrogen) atoms. The SMILES string of the molecule is c1ccc(-c2cc(-c3cccc4ccccc34)nc(-c3cccc4c3-c3oc5ccccc5c3C43c4ccccc4-c4ccccc43)n2)cc1. The summed E-state index contributed by atoms with van der Waals surface area (Å²) >= 11 is 0. The zero-order valence-corrected chi connectivity index (χ0v) is 27.0. The van der Waals surface area contributed by atoms with Crippen molar-refractivity contribution in [2.24, 2.45) is 0 Å². The molecule has 0 saturated heterocycles. The third-order valence-corrected chi connectivity index (χ3v) is 10.7. The van der Waals surface area contributed by atoms with Crippen LogP contribution in [0.3, 0.4) is 0 Å². The van der Waals surface area contributed by atoms with Crippen LogP contribution in [-0.4, -0.2) is 9.97 Å². The van der Waals surface area contributed by atoms with E-state index in [1.807, 2.05) is 6.07 Å². The fraction of sp³-hybridized carbons (Fsp3) is 0.0213. The first-order chi connectivity index (χ1) is 24.8. The van der Waals surface area contributed by atoms with Gasteiger partial charge in [0.25, 0.3) is 0 Å². The minimum Gasteiger partial charge on any atom is -0.456 e. The highest BCUT2D eigenvalue weighted by atomic mass is 16.3. The molecule has 232 valence electrons. The van der Waals surface area contributed by atoms with E-state index in [0.717, 1.165) is 55.8 Å². The van der Waals surface area contributed by atoms with Gasteiger partial charge in [-0.05, 0) is 50.7 Å². The maximum atomic E-state index is 6.95. The summed E-state index contributed by atoms with van der Waals surface area (Å²) in [6.07, 6.45) is 0. The second-order valence-corrected chi connectivity index (χ2v) is 13.2. The molecule has 0 saturated carbocycles. The molecular formula is C47H28N2O. The van der Waals surface area contributed by atoms with Gasteiger partial charge < -0.3 is 4.42 Å². The summed E-state index contributed by atoms with van der Waals surface area (Å²) in [4.78, 5) is 10.7. The molecule has 0 atom stereocenters. The van der Waals surface area contributed by atoms with E-state index in [1.165, 1.54) is 38.8 Å². The second-order valence-electron chi connectivity index (χ2n) is 13.2. The zero-order chi connectivity index (χ0) is 32.8. The number of para-hydroxylation sites is 1. The topological polar surface area (TPSA) is 38.9 Å². The Labute approximate surface area is 289 Å². The Morgan fingerprint density at radius 1 is 0.440 bits per heavy atom. The molecule has 0 N–H and O–H groups in total. The number of hydrogen-bond donors (Lipinski definition) is 0. The summed E-state index contributed by atoms with van der Waals surface area (Å²) in [6.45, 7) is 0. The first-order valence-electron chi connectivity index (χ1n) is 17.1. The second kappa shape index (κ2) is 10.2. The molecule has 2 aliphatic rings. The molecule has 3 nitrogen and oxygen atoms in total. The van der Waals surface area contributed by atoms with Crippen LogP contribution in [0.2, 0.25) is 0 Å². The molecular weight excluding hydrogens is 609 g/mol. The van der Waals surface area contributed by atoms with Crippen LogP contribution >= 0.6 is 0 Å². The van der Waals surface area contributed by atoms with E-state index in [4.69, 9.17) is 14.4 Å². The molecule has 11 rings (SSSR count). The Hall–Kier alpha value is -6.58. The van der Waals surface area contributed by atoms with E-state index >= 15 is 0 Å². The van der Waals surface area contributed by atoms with Crippen LogP contribution in [0, 0.1) is 0 Å². The van der Waals surface area contributed by atoms with Crippen LogP contribution in [0.1, 0.15) is 22.3 Å². The molecule has 0 unspecified atom stereocenters. The normalized spacial score (nSPS) is 13.4. The van der Waals surface area contributed by atoms with Gasteiger partial charge in [-0.15, -0.1) is 0 Å². The highest BCUT2D eigenvalue weighted by Gasteiger charge is 2.55. The maximum absolute atomic E-state index is 6.95. The van der Waals surface area contributed by atoms with Gasteiger partial charge in [-0.2, -0.15) is 0 Å². The summed E-state index contributed by atoms with van der Waals surface area (Å²) in [7, 11) is 0. The number of fused-ring (bicyclic) bond motifs is 13. The summed E-state index contributed by atoms with van der Waals surface area (Å²) in [6, 6.07) is 60.3. The quantitative estimate of drug-likeness (QED) is 0.194. The fourth-order valence-electron chi connectivity index (χ4n) is 8.73. The van der Waals surface area contributed by atoms with E-state index in [0.29, 0.717) is 5.82 Å². The van der Waals surface area contributed by atoms with Crippen molar-refractivity contribution in [3.8, 4) is 56.4 Å². The lowest BCUT2D eigenvalue weighted by Crippen LogP contribution is -2.25. The van der Waals surface area contributed by atoms with Crippen molar-refractivity contribution >= 4 is 21.7 Å². The third kappa shape index (κ3) is 3.58. The molecule has 3 heteroatoms. The van der Waals surface area contributed by atoms with Gasteiger partial charge in [0.15, 0.2) is 5.82 Å². The number of furan rings is 1. The van der Waals surface area contributed by atoms with Gasteiger partial charge in [-0.1, -0.05) is 158 Å². The summed E-state index contributed by atoms with van der Waals surface area (Å²) in [5.74, 6) is 1.57. The van der Waals surface area contributed by atoms with Gasteiger partial charge in [0.1, 0.15) is 11.3 Å². The van der Waals surface area contributed by atoms with Gasteiger partial charge >= 0.3 is 0 Å². The zero-order valence-electron chi connectivity index (χ0n) is 27.0. The molecule has 0 amide bonds. The predicted molar refractivity (Wildman–Crippen MR) is 202 cm³/mol. The number of benzene rings is 7. The van der Waals surface area contributed by atoms with Crippen LogP contribution in [0.4, 0.5) is 0 Å². The summed E-state index contributed by atoms with van der Waals surface area (Å²) in [5, 5.41) is 3.47. The lowest BCUT2D eigenvalue weighted by atomic mass is 9.70. The van der Waals surface area contributed by atoms with Crippen molar-refractivity contribution in [1.29, 1.82) is 0 Å². The van der Waals surface area contributed by atoms with Crippen molar-refractivity contribution in [2.75, 3.05) is 0 Å².